The molecular weight excluding hydrogens is 240 g/mol. The van der Waals surface area contributed by atoms with Crippen LogP contribution in [-0.4, -0.2) is 37.2 Å². The molecule has 0 bridgehead atoms. The summed E-state index contributed by atoms with van der Waals surface area (Å²) in [7, 11) is 0. The molecule has 0 spiro atoms. The number of carbonyl (C=O) groups is 3. The fourth-order valence-electron chi connectivity index (χ4n) is 1.00. The van der Waals surface area contributed by atoms with Crippen LogP contribution < -0.4 is 0 Å². The largest absolute Gasteiger partial charge is 0.463 e. The van der Waals surface area contributed by atoms with E-state index in [9.17, 15) is 14.4 Å². The lowest BCUT2D eigenvalue weighted by atomic mass is 10.3. The first kappa shape index (κ1) is 16.1. The van der Waals surface area contributed by atoms with E-state index < -0.39 is 24.0 Å². The second kappa shape index (κ2) is 9.21. The van der Waals surface area contributed by atoms with E-state index in [1.807, 2.05) is 0 Å². The third-order valence-electron chi connectivity index (χ3n) is 1.79. The fourth-order valence-corrected chi connectivity index (χ4v) is 1.00. The first-order valence-corrected chi connectivity index (χ1v) is 5.57. The van der Waals surface area contributed by atoms with Gasteiger partial charge in [0.25, 0.3) is 0 Å². The third-order valence-corrected chi connectivity index (χ3v) is 1.79. The topological polar surface area (TPSA) is 78.9 Å². The zero-order valence-electron chi connectivity index (χ0n) is 10.6. The van der Waals surface area contributed by atoms with Crippen LogP contribution in [-0.2, 0) is 28.6 Å². The van der Waals surface area contributed by atoms with Crippen molar-refractivity contribution in [3.8, 4) is 0 Å². The molecule has 102 valence electrons. The summed E-state index contributed by atoms with van der Waals surface area (Å²) >= 11 is 0. The third kappa shape index (κ3) is 9.38. The van der Waals surface area contributed by atoms with Crippen molar-refractivity contribution >= 4 is 17.9 Å². The summed E-state index contributed by atoms with van der Waals surface area (Å²) in [4.78, 5) is 32.5. The summed E-state index contributed by atoms with van der Waals surface area (Å²) in [5.41, 5.74) is 0. The summed E-state index contributed by atoms with van der Waals surface area (Å²) in [6, 6.07) is 0. The molecular formula is C12H18O6. The summed E-state index contributed by atoms with van der Waals surface area (Å²) in [5.74, 6) is -1.37. The molecule has 0 heterocycles. The molecule has 18 heavy (non-hydrogen) atoms. The van der Waals surface area contributed by atoms with Crippen LogP contribution in [0, 0.1) is 0 Å². The highest BCUT2D eigenvalue weighted by Crippen LogP contribution is 1.99. The molecule has 0 fully saturated rings. The van der Waals surface area contributed by atoms with Gasteiger partial charge in [0, 0.05) is 19.4 Å². The van der Waals surface area contributed by atoms with Crippen LogP contribution in [0.4, 0.5) is 0 Å². The van der Waals surface area contributed by atoms with Crippen molar-refractivity contribution in [2.45, 2.75) is 32.8 Å². The van der Waals surface area contributed by atoms with E-state index >= 15 is 0 Å². The SMILES string of the molecule is C=CC(=O)OCCCC(=O)OC(C)COC(C)=O. The van der Waals surface area contributed by atoms with E-state index in [0.29, 0.717) is 6.42 Å². The molecule has 0 radical (unpaired) electrons. The van der Waals surface area contributed by atoms with Crippen LogP contribution in [0.3, 0.4) is 0 Å². The quantitative estimate of drug-likeness (QED) is 0.279. The first-order valence-electron chi connectivity index (χ1n) is 5.57. The van der Waals surface area contributed by atoms with E-state index in [2.05, 4.69) is 11.3 Å². The fraction of sp³-hybridized carbons (Fsp3) is 0.583. The van der Waals surface area contributed by atoms with Gasteiger partial charge in [0.2, 0.25) is 0 Å². The Morgan fingerprint density at radius 1 is 1.28 bits per heavy atom. The van der Waals surface area contributed by atoms with Gasteiger partial charge in [0.1, 0.15) is 12.7 Å². The van der Waals surface area contributed by atoms with Gasteiger partial charge in [-0.1, -0.05) is 6.58 Å². The second-order valence-corrected chi connectivity index (χ2v) is 3.58. The highest BCUT2D eigenvalue weighted by atomic mass is 16.6. The summed E-state index contributed by atoms with van der Waals surface area (Å²) in [6.45, 7) is 6.32. The van der Waals surface area contributed by atoms with Crippen molar-refractivity contribution in [3.63, 3.8) is 0 Å². The molecule has 0 aromatic rings. The molecule has 0 saturated carbocycles. The molecule has 0 amide bonds. The van der Waals surface area contributed by atoms with E-state index in [1.54, 1.807) is 6.92 Å². The predicted octanol–water partition coefficient (Wildman–Crippen LogP) is 0.991. The van der Waals surface area contributed by atoms with Gasteiger partial charge in [-0.25, -0.2) is 4.79 Å². The maximum atomic E-state index is 11.3. The number of esters is 3. The minimum absolute atomic E-state index is 0.0342. The average molecular weight is 258 g/mol. The Labute approximate surface area is 106 Å². The van der Waals surface area contributed by atoms with E-state index in [0.717, 1.165) is 6.08 Å². The number of hydrogen-bond acceptors (Lipinski definition) is 6. The van der Waals surface area contributed by atoms with Crippen LogP contribution in [0.15, 0.2) is 12.7 Å². The van der Waals surface area contributed by atoms with Crippen LogP contribution in [0.1, 0.15) is 26.7 Å². The molecule has 6 heteroatoms. The van der Waals surface area contributed by atoms with Crippen molar-refractivity contribution in [2.75, 3.05) is 13.2 Å². The zero-order chi connectivity index (χ0) is 14.0. The average Bonchev–Trinajstić information content (AvgIpc) is 2.31. The highest BCUT2D eigenvalue weighted by Gasteiger charge is 2.10. The van der Waals surface area contributed by atoms with E-state index in [4.69, 9.17) is 9.47 Å². The molecule has 0 aromatic carbocycles. The van der Waals surface area contributed by atoms with Gasteiger partial charge in [-0.05, 0) is 13.3 Å². The Balaban J connectivity index is 3.61. The molecule has 0 N–H and O–H groups in total. The predicted molar refractivity (Wildman–Crippen MR) is 62.6 cm³/mol. The Kier molecular flexibility index (Phi) is 8.26. The molecule has 0 aliphatic heterocycles. The number of carbonyl (C=O) groups excluding carboxylic acids is 3. The van der Waals surface area contributed by atoms with Crippen LogP contribution >= 0.6 is 0 Å². The molecule has 1 atom stereocenters. The molecule has 0 aromatic heterocycles. The van der Waals surface area contributed by atoms with Crippen LogP contribution in [0.5, 0.6) is 0 Å². The van der Waals surface area contributed by atoms with E-state index in [-0.39, 0.29) is 19.6 Å². The van der Waals surface area contributed by atoms with Gasteiger partial charge in [0.15, 0.2) is 0 Å². The number of hydrogen-bond donors (Lipinski definition) is 0. The lowest BCUT2D eigenvalue weighted by molar-refractivity contribution is -0.157. The first-order chi connectivity index (χ1) is 8.45. The summed E-state index contributed by atoms with van der Waals surface area (Å²) in [5, 5.41) is 0. The molecule has 0 saturated heterocycles. The Morgan fingerprint density at radius 2 is 1.94 bits per heavy atom. The molecule has 6 nitrogen and oxygen atoms in total. The van der Waals surface area contributed by atoms with Gasteiger partial charge in [-0.3, -0.25) is 9.59 Å². The zero-order valence-corrected chi connectivity index (χ0v) is 10.6. The van der Waals surface area contributed by atoms with Crippen LogP contribution in [0.2, 0.25) is 0 Å². The highest BCUT2D eigenvalue weighted by molar-refractivity contribution is 5.81. The van der Waals surface area contributed by atoms with Crippen molar-refractivity contribution in [1.82, 2.24) is 0 Å². The van der Waals surface area contributed by atoms with E-state index in [1.165, 1.54) is 6.92 Å². The normalized spacial score (nSPS) is 11.2. The smallest absolute Gasteiger partial charge is 0.330 e. The van der Waals surface area contributed by atoms with Gasteiger partial charge in [0.05, 0.1) is 6.61 Å². The minimum Gasteiger partial charge on any atom is -0.463 e. The van der Waals surface area contributed by atoms with Gasteiger partial charge >= 0.3 is 17.9 Å². The Morgan fingerprint density at radius 3 is 2.50 bits per heavy atom. The van der Waals surface area contributed by atoms with Crippen molar-refractivity contribution in [2.24, 2.45) is 0 Å². The Bertz CT molecular complexity index is 310. The molecule has 1 unspecified atom stereocenters. The lowest BCUT2D eigenvalue weighted by Gasteiger charge is -2.12. The summed E-state index contributed by atoms with van der Waals surface area (Å²) < 4.78 is 14.3. The monoisotopic (exact) mass is 258 g/mol. The van der Waals surface area contributed by atoms with Gasteiger partial charge < -0.3 is 14.2 Å². The van der Waals surface area contributed by atoms with Gasteiger partial charge in [-0.2, -0.15) is 0 Å². The van der Waals surface area contributed by atoms with Crippen molar-refractivity contribution in [1.29, 1.82) is 0 Å². The maximum absolute atomic E-state index is 11.3. The Hall–Kier alpha value is -1.85. The summed E-state index contributed by atoms with van der Waals surface area (Å²) in [6.07, 6.45) is 1.07. The molecule has 0 rings (SSSR count). The maximum Gasteiger partial charge on any atom is 0.330 e. The van der Waals surface area contributed by atoms with Crippen LogP contribution in [0.25, 0.3) is 0 Å². The standard InChI is InChI=1S/C12H18O6/c1-4-11(14)16-7-5-6-12(15)18-9(2)8-17-10(3)13/h4,9H,1,5-8H2,2-3H3. The molecule has 0 aliphatic rings. The minimum atomic E-state index is -0.522. The second-order valence-electron chi connectivity index (χ2n) is 3.58. The number of rotatable bonds is 8. The van der Waals surface area contributed by atoms with Crippen molar-refractivity contribution < 1.29 is 28.6 Å². The lowest BCUT2D eigenvalue weighted by Crippen LogP contribution is -2.21. The number of ether oxygens (including phenoxy) is 3. The van der Waals surface area contributed by atoms with Crippen molar-refractivity contribution in [3.05, 3.63) is 12.7 Å². The molecule has 0 aliphatic carbocycles. The van der Waals surface area contributed by atoms with Gasteiger partial charge in [-0.15, -0.1) is 0 Å².